The Hall–Kier alpha value is -2.29. The zero-order valence-electron chi connectivity index (χ0n) is 11.8. The van der Waals surface area contributed by atoms with E-state index in [2.05, 4.69) is 43.0 Å². The molecule has 0 radical (unpaired) electrons. The van der Waals surface area contributed by atoms with Crippen molar-refractivity contribution in [2.45, 2.75) is 20.4 Å². The zero-order chi connectivity index (χ0) is 14.5. The lowest BCUT2D eigenvalue weighted by Crippen LogP contribution is -2.21. The Balaban J connectivity index is 2.13. The molecule has 20 heavy (non-hydrogen) atoms. The number of rotatable bonds is 5. The molecule has 0 amide bonds. The highest BCUT2D eigenvalue weighted by Crippen LogP contribution is 2.18. The van der Waals surface area contributed by atoms with Gasteiger partial charge in [0.25, 0.3) is 0 Å². The van der Waals surface area contributed by atoms with E-state index in [-0.39, 0.29) is 0 Å². The van der Waals surface area contributed by atoms with Crippen LogP contribution in [0.25, 0.3) is 0 Å². The molecule has 0 spiro atoms. The third-order valence-electron chi connectivity index (χ3n) is 3.36. The molecule has 2 aromatic carbocycles. The number of anilines is 1. The number of hydrogen-bond donors (Lipinski definition) is 1. The average molecular weight is 269 g/mol. The summed E-state index contributed by atoms with van der Waals surface area (Å²) in [5, 5.41) is 8.90. The van der Waals surface area contributed by atoms with Crippen LogP contribution in [0.5, 0.6) is 0 Å². The van der Waals surface area contributed by atoms with Crippen LogP contribution in [0.15, 0.2) is 48.5 Å². The van der Waals surface area contributed by atoms with Crippen LogP contribution in [0.2, 0.25) is 0 Å². The summed E-state index contributed by atoms with van der Waals surface area (Å²) in [6.07, 6.45) is 0. The van der Waals surface area contributed by atoms with Gasteiger partial charge in [0.15, 0.2) is 0 Å². The van der Waals surface area contributed by atoms with Crippen LogP contribution in [0, 0.1) is 6.92 Å². The van der Waals surface area contributed by atoms with Crippen LogP contribution in [-0.2, 0) is 6.54 Å². The lowest BCUT2D eigenvalue weighted by Gasteiger charge is -2.23. The lowest BCUT2D eigenvalue weighted by molar-refractivity contribution is 0.0697. The van der Waals surface area contributed by atoms with Crippen molar-refractivity contribution in [3.8, 4) is 0 Å². The first-order chi connectivity index (χ1) is 9.60. The number of aromatic carboxylic acids is 1. The number of carbonyl (C=O) groups is 1. The minimum Gasteiger partial charge on any atom is -0.478 e. The minimum atomic E-state index is -0.887. The molecule has 0 saturated heterocycles. The number of hydrogen-bond acceptors (Lipinski definition) is 2. The summed E-state index contributed by atoms with van der Waals surface area (Å²) in [5.74, 6) is -0.887. The predicted octanol–water partition coefficient (Wildman–Crippen LogP) is 3.72. The fourth-order valence-electron chi connectivity index (χ4n) is 2.11. The number of carboxylic acids is 1. The Morgan fingerprint density at radius 2 is 1.65 bits per heavy atom. The van der Waals surface area contributed by atoms with Crippen LogP contribution in [0.3, 0.4) is 0 Å². The van der Waals surface area contributed by atoms with E-state index in [1.165, 1.54) is 11.3 Å². The van der Waals surface area contributed by atoms with Gasteiger partial charge in [-0.3, -0.25) is 0 Å². The van der Waals surface area contributed by atoms with Crippen LogP contribution in [0.4, 0.5) is 5.69 Å². The van der Waals surface area contributed by atoms with Crippen LogP contribution < -0.4 is 4.90 Å². The van der Waals surface area contributed by atoms with Gasteiger partial charge in [0.1, 0.15) is 0 Å². The van der Waals surface area contributed by atoms with Gasteiger partial charge in [0, 0.05) is 18.8 Å². The van der Waals surface area contributed by atoms with Gasteiger partial charge < -0.3 is 10.0 Å². The van der Waals surface area contributed by atoms with E-state index in [4.69, 9.17) is 5.11 Å². The molecule has 0 fully saturated rings. The van der Waals surface area contributed by atoms with Gasteiger partial charge in [-0.15, -0.1) is 0 Å². The summed E-state index contributed by atoms with van der Waals surface area (Å²) in [4.78, 5) is 13.1. The monoisotopic (exact) mass is 269 g/mol. The molecule has 0 aliphatic rings. The van der Waals surface area contributed by atoms with Gasteiger partial charge in [-0.1, -0.05) is 29.8 Å². The number of benzene rings is 2. The highest BCUT2D eigenvalue weighted by Gasteiger charge is 2.06. The topological polar surface area (TPSA) is 40.5 Å². The van der Waals surface area contributed by atoms with Crippen molar-refractivity contribution in [3.05, 3.63) is 65.2 Å². The van der Waals surface area contributed by atoms with Crippen molar-refractivity contribution in [1.82, 2.24) is 0 Å². The summed E-state index contributed by atoms with van der Waals surface area (Å²) in [6, 6.07) is 15.5. The Labute approximate surface area is 119 Å². The van der Waals surface area contributed by atoms with Crippen molar-refractivity contribution in [1.29, 1.82) is 0 Å². The van der Waals surface area contributed by atoms with Crippen LogP contribution in [-0.4, -0.2) is 17.6 Å². The minimum absolute atomic E-state index is 0.326. The molecule has 0 unspecified atom stereocenters. The summed E-state index contributed by atoms with van der Waals surface area (Å²) in [7, 11) is 0. The molecule has 0 saturated carbocycles. The molecule has 2 rings (SSSR count). The van der Waals surface area contributed by atoms with E-state index in [1.54, 1.807) is 12.1 Å². The maximum Gasteiger partial charge on any atom is 0.335 e. The van der Waals surface area contributed by atoms with E-state index in [9.17, 15) is 4.79 Å². The maximum absolute atomic E-state index is 10.8. The fourth-order valence-corrected chi connectivity index (χ4v) is 2.11. The molecule has 3 heteroatoms. The van der Waals surface area contributed by atoms with E-state index >= 15 is 0 Å². The number of carboxylic acid groups (broad SMARTS) is 1. The Bertz CT molecular complexity index is 573. The largest absolute Gasteiger partial charge is 0.478 e. The van der Waals surface area contributed by atoms with Gasteiger partial charge in [0.2, 0.25) is 0 Å². The van der Waals surface area contributed by atoms with Crippen molar-refractivity contribution >= 4 is 11.7 Å². The molecule has 0 heterocycles. The van der Waals surface area contributed by atoms with Crippen molar-refractivity contribution in [2.75, 3.05) is 11.4 Å². The van der Waals surface area contributed by atoms with Gasteiger partial charge in [0.05, 0.1) is 5.56 Å². The van der Waals surface area contributed by atoms with Gasteiger partial charge in [-0.25, -0.2) is 4.79 Å². The fraction of sp³-hybridized carbons (Fsp3) is 0.235. The van der Waals surface area contributed by atoms with Crippen molar-refractivity contribution in [3.63, 3.8) is 0 Å². The average Bonchev–Trinajstić information content (AvgIpc) is 2.46. The SMILES string of the molecule is CCN(Cc1ccc(C(=O)O)cc1)c1ccc(C)cc1. The summed E-state index contributed by atoms with van der Waals surface area (Å²) in [6.45, 7) is 5.87. The third-order valence-corrected chi connectivity index (χ3v) is 3.36. The molecular weight excluding hydrogens is 250 g/mol. The first kappa shape index (κ1) is 14.1. The van der Waals surface area contributed by atoms with Crippen molar-refractivity contribution in [2.24, 2.45) is 0 Å². The molecule has 104 valence electrons. The third kappa shape index (κ3) is 3.38. The molecule has 0 bridgehead atoms. The maximum atomic E-state index is 10.8. The molecule has 2 aromatic rings. The Morgan fingerprint density at radius 1 is 1.05 bits per heavy atom. The Morgan fingerprint density at radius 3 is 2.15 bits per heavy atom. The second kappa shape index (κ2) is 6.24. The molecule has 0 atom stereocenters. The van der Waals surface area contributed by atoms with Gasteiger partial charge in [-0.05, 0) is 43.7 Å². The van der Waals surface area contributed by atoms with Crippen LogP contribution in [0.1, 0.15) is 28.4 Å². The molecular formula is C17H19NO2. The molecule has 0 aromatic heterocycles. The number of aryl methyl sites for hydroxylation is 1. The molecule has 1 N–H and O–H groups in total. The Kier molecular flexibility index (Phi) is 4.41. The highest BCUT2D eigenvalue weighted by atomic mass is 16.4. The van der Waals surface area contributed by atoms with E-state index in [0.717, 1.165) is 18.7 Å². The van der Waals surface area contributed by atoms with Gasteiger partial charge >= 0.3 is 5.97 Å². The second-order valence-electron chi connectivity index (χ2n) is 4.85. The first-order valence-electron chi connectivity index (χ1n) is 6.74. The van der Waals surface area contributed by atoms with E-state index < -0.39 is 5.97 Å². The summed E-state index contributed by atoms with van der Waals surface area (Å²) >= 11 is 0. The molecule has 0 aliphatic heterocycles. The van der Waals surface area contributed by atoms with Crippen LogP contribution >= 0.6 is 0 Å². The van der Waals surface area contributed by atoms with Gasteiger partial charge in [-0.2, -0.15) is 0 Å². The zero-order valence-corrected chi connectivity index (χ0v) is 11.8. The number of nitrogens with zero attached hydrogens (tertiary/aromatic N) is 1. The lowest BCUT2D eigenvalue weighted by atomic mass is 10.1. The normalized spacial score (nSPS) is 10.3. The molecule has 0 aliphatic carbocycles. The predicted molar refractivity (Wildman–Crippen MR) is 81.3 cm³/mol. The standard InChI is InChI=1S/C17H19NO2/c1-3-18(16-10-4-13(2)5-11-16)12-14-6-8-15(9-7-14)17(19)20/h4-11H,3,12H2,1-2H3,(H,19,20). The first-order valence-corrected chi connectivity index (χ1v) is 6.74. The smallest absolute Gasteiger partial charge is 0.335 e. The molecule has 3 nitrogen and oxygen atoms in total. The quantitative estimate of drug-likeness (QED) is 0.899. The summed E-state index contributed by atoms with van der Waals surface area (Å²) in [5.41, 5.74) is 3.86. The van der Waals surface area contributed by atoms with E-state index in [0.29, 0.717) is 5.56 Å². The summed E-state index contributed by atoms with van der Waals surface area (Å²) < 4.78 is 0. The van der Waals surface area contributed by atoms with Crippen molar-refractivity contribution < 1.29 is 9.90 Å². The highest BCUT2D eigenvalue weighted by molar-refractivity contribution is 5.87. The second-order valence-corrected chi connectivity index (χ2v) is 4.85. The van der Waals surface area contributed by atoms with E-state index in [1.807, 2.05) is 12.1 Å².